The van der Waals surface area contributed by atoms with E-state index in [9.17, 15) is 14.4 Å². The molecule has 0 radical (unpaired) electrons. The average molecular weight is 565 g/mol. The number of nitrogens with one attached hydrogen (secondary N) is 4. The molecule has 3 amide bonds. The van der Waals surface area contributed by atoms with Gasteiger partial charge in [-0.2, -0.15) is 5.10 Å². The van der Waals surface area contributed by atoms with Crippen LogP contribution < -0.4 is 26.0 Å². The second kappa shape index (κ2) is 11.9. The molecule has 1 atom stereocenters. The molecule has 1 saturated heterocycles. The fourth-order valence-electron chi connectivity index (χ4n) is 4.88. The van der Waals surface area contributed by atoms with Crippen LogP contribution in [0.25, 0.3) is 11.3 Å². The van der Waals surface area contributed by atoms with Crippen LogP contribution in [-0.2, 0) is 11.8 Å². The smallest absolute Gasteiger partial charge is 0.273 e. The largest absolute Gasteiger partial charge is 0.494 e. The van der Waals surface area contributed by atoms with Crippen LogP contribution >= 0.6 is 0 Å². The van der Waals surface area contributed by atoms with E-state index in [0.29, 0.717) is 40.9 Å². The Morgan fingerprint density at radius 1 is 1.10 bits per heavy atom. The SMILES string of the molecule is [2H]C([2H])([2H])NC(=O)c1nnc(NC(=O)C2CC2)cc1Nc1cccc(-c2cc(C(=O)NCC3CCN(C)C3)n(C)n2)c1OC. The summed E-state index contributed by atoms with van der Waals surface area (Å²) in [5.41, 5.74) is 1.59. The van der Waals surface area contributed by atoms with Gasteiger partial charge in [0.1, 0.15) is 5.69 Å². The molecule has 5 rings (SSSR count). The summed E-state index contributed by atoms with van der Waals surface area (Å²) in [7, 11) is 5.22. The summed E-state index contributed by atoms with van der Waals surface area (Å²) in [5, 5.41) is 23.1. The third kappa shape index (κ3) is 6.30. The summed E-state index contributed by atoms with van der Waals surface area (Å²) in [5.74, 6) is -0.698. The first kappa shape index (κ1) is 24.3. The summed E-state index contributed by atoms with van der Waals surface area (Å²) in [6.45, 7) is -0.233. The lowest BCUT2D eigenvalue weighted by molar-refractivity contribution is -0.117. The molecule has 2 aliphatic rings. The Morgan fingerprint density at radius 3 is 2.63 bits per heavy atom. The molecule has 3 heterocycles. The van der Waals surface area contributed by atoms with Crippen molar-refractivity contribution in [3.05, 3.63) is 41.7 Å². The Labute approximate surface area is 242 Å². The standard InChI is InChI=1S/C28H35N9O4/c1-29-28(40)24-21(13-23(33-34-24)32-26(38)17-8-9-17)31-19-7-5-6-18(25(19)41-4)20-12-22(37(3)35-20)27(39)30-14-16-10-11-36(2)15-16/h5-7,12-13,16-17H,8-11,14-15H2,1-4H3,(H,29,40)(H,30,39)(H2,31,32,33,38)/i1D3. The van der Waals surface area contributed by atoms with Gasteiger partial charge in [-0.1, -0.05) is 6.07 Å². The number of carbonyl (C=O) groups is 3. The fourth-order valence-corrected chi connectivity index (χ4v) is 4.88. The van der Waals surface area contributed by atoms with Gasteiger partial charge >= 0.3 is 0 Å². The summed E-state index contributed by atoms with van der Waals surface area (Å²) in [4.78, 5) is 40.4. The average Bonchev–Trinajstić information content (AvgIpc) is 3.63. The molecule has 1 aromatic carbocycles. The molecular weight excluding hydrogens is 526 g/mol. The van der Waals surface area contributed by atoms with Gasteiger partial charge in [0.15, 0.2) is 17.3 Å². The second-order valence-corrected chi connectivity index (χ2v) is 10.4. The molecular formula is C28H35N9O4. The number of anilines is 3. The van der Waals surface area contributed by atoms with E-state index in [-0.39, 0.29) is 34.9 Å². The van der Waals surface area contributed by atoms with E-state index in [4.69, 9.17) is 8.85 Å². The number of amides is 3. The Morgan fingerprint density at radius 2 is 1.93 bits per heavy atom. The van der Waals surface area contributed by atoms with Crippen molar-refractivity contribution >= 4 is 34.9 Å². The van der Waals surface area contributed by atoms with Crippen LogP contribution in [0.3, 0.4) is 0 Å². The van der Waals surface area contributed by atoms with Crippen molar-refractivity contribution in [3.8, 4) is 17.0 Å². The number of likely N-dealkylation sites (tertiary alicyclic amines) is 1. The lowest BCUT2D eigenvalue weighted by Gasteiger charge is -2.16. The molecule has 13 nitrogen and oxygen atoms in total. The molecule has 13 heteroatoms. The fraction of sp³-hybridized carbons (Fsp3) is 0.429. The number of ether oxygens (including phenoxy) is 1. The van der Waals surface area contributed by atoms with Gasteiger partial charge in [-0.3, -0.25) is 19.1 Å². The Balaban J connectivity index is 1.42. The van der Waals surface area contributed by atoms with E-state index in [1.165, 1.54) is 17.9 Å². The van der Waals surface area contributed by atoms with Crippen molar-refractivity contribution in [3.63, 3.8) is 0 Å². The number of aryl methyl sites for hydroxylation is 1. The maximum absolute atomic E-state index is 13.0. The van der Waals surface area contributed by atoms with Crippen molar-refractivity contribution in [2.45, 2.75) is 19.3 Å². The summed E-state index contributed by atoms with van der Waals surface area (Å²) in [6, 6.07) is 8.27. The van der Waals surface area contributed by atoms with Gasteiger partial charge in [0.05, 0.1) is 24.2 Å². The monoisotopic (exact) mass is 564 g/mol. The topological polar surface area (TPSA) is 155 Å². The number of hydrogen-bond acceptors (Lipinski definition) is 9. The van der Waals surface area contributed by atoms with Crippen molar-refractivity contribution < 1.29 is 23.2 Å². The quantitative estimate of drug-likeness (QED) is 0.289. The second-order valence-electron chi connectivity index (χ2n) is 10.4. The minimum absolute atomic E-state index is 0.0851. The first-order chi connectivity index (χ1) is 20.9. The van der Waals surface area contributed by atoms with Crippen LogP contribution in [0.4, 0.5) is 17.2 Å². The Hall–Kier alpha value is -4.52. The number of nitrogens with zero attached hydrogens (tertiary/aromatic N) is 5. The summed E-state index contributed by atoms with van der Waals surface area (Å²) < 4.78 is 29.5. The molecule has 2 fully saturated rings. The molecule has 1 aliphatic carbocycles. The van der Waals surface area contributed by atoms with Crippen LogP contribution in [0.1, 0.15) is 44.4 Å². The zero-order chi connectivity index (χ0) is 31.6. The van der Waals surface area contributed by atoms with Crippen LogP contribution in [0.5, 0.6) is 5.75 Å². The molecule has 3 aromatic rings. The highest BCUT2D eigenvalue weighted by Gasteiger charge is 2.30. The number of benzene rings is 1. The highest BCUT2D eigenvalue weighted by molar-refractivity contribution is 6.00. The number of para-hydroxylation sites is 1. The summed E-state index contributed by atoms with van der Waals surface area (Å²) >= 11 is 0. The zero-order valence-electron chi connectivity index (χ0n) is 26.2. The molecule has 2 aromatic heterocycles. The van der Waals surface area contributed by atoms with Crippen LogP contribution in [-0.4, -0.2) is 83.4 Å². The lowest BCUT2D eigenvalue weighted by atomic mass is 10.1. The highest BCUT2D eigenvalue weighted by Crippen LogP contribution is 2.38. The number of aromatic nitrogens is 4. The number of hydrogen-bond donors (Lipinski definition) is 4. The number of carbonyl (C=O) groups excluding carboxylic acids is 3. The first-order valence-corrected chi connectivity index (χ1v) is 13.4. The number of rotatable bonds is 10. The van der Waals surface area contributed by atoms with Gasteiger partial charge < -0.3 is 30.9 Å². The van der Waals surface area contributed by atoms with Gasteiger partial charge in [0, 0.05) is 48.8 Å². The van der Waals surface area contributed by atoms with E-state index >= 15 is 0 Å². The lowest BCUT2D eigenvalue weighted by Crippen LogP contribution is -2.31. The summed E-state index contributed by atoms with van der Waals surface area (Å²) in [6.07, 6.45) is 2.59. The van der Waals surface area contributed by atoms with E-state index in [0.717, 1.165) is 32.4 Å². The molecule has 4 N–H and O–H groups in total. The van der Waals surface area contributed by atoms with Gasteiger partial charge in [-0.05, 0) is 57.0 Å². The molecule has 1 saturated carbocycles. The third-order valence-electron chi connectivity index (χ3n) is 7.24. The third-order valence-corrected chi connectivity index (χ3v) is 7.24. The molecule has 1 unspecified atom stereocenters. The van der Waals surface area contributed by atoms with Gasteiger partial charge in [0.25, 0.3) is 11.8 Å². The van der Waals surface area contributed by atoms with Crippen LogP contribution in [0, 0.1) is 11.8 Å². The molecule has 0 bridgehead atoms. The van der Waals surface area contributed by atoms with Crippen molar-refractivity contribution in [2.75, 3.05) is 51.4 Å². The van der Waals surface area contributed by atoms with Crippen molar-refractivity contribution in [2.24, 2.45) is 18.9 Å². The molecule has 1 aliphatic heterocycles. The maximum Gasteiger partial charge on any atom is 0.273 e. The number of methoxy groups -OCH3 is 1. The maximum atomic E-state index is 13.0. The Bertz CT molecular complexity index is 1570. The first-order valence-electron chi connectivity index (χ1n) is 14.9. The predicted octanol–water partition coefficient (Wildman–Crippen LogP) is 2.02. The van der Waals surface area contributed by atoms with Gasteiger partial charge in [0.2, 0.25) is 5.91 Å². The van der Waals surface area contributed by atoms with Crippen LogP contribution in [0.2, 0.25) is 0 Å². The normalized spacial score (nSPS) is 18.1. The van der Waals surface area contributed by atoms with Crippen LogP contribution in [0.15, 0.2) is 30.3 Å². The minimum Gasteiger partial charge on any atom is -0.494 e. The highest BCUT2D eigenvalue weighted by atomic mass is 16.5. The molecule has 41 heavy (non-hydrogen) atoms. The Kier molecular flexibility index (Phi) is 7.06. The van der Waals surface area contributed by atoms with Crippen molar-refractivity contribution in [1.29, 1.82) is 0 Å². The van der Waals surface area contributed by atoms with E-state index in [1.54, 1.807) is 31.3 Å². The van der Waals surface area contributed by atoms with Gasteiger partial charge in [-0.25, -0.2) is 0 Å². The molecule has 0 spiro atoms. The van der Waals surface area contributed by atoms with E-state index < -0.39 is 12.9 Å². The zero-order valence-corrected chi connectivity index (χ0v) is 23.2. The minimum atomic E-state index is -2.76. The van der Waals surface area contributed by atoms with Crippen molar-refractivity contribution in [1.82, 2.24) is 35.5 Å². The van der Waals surface area contributed by atoms with Gasteiger partial charge in [-0.15, -0.1) is 10.2 Å². The predicted molar refractivity (Wildman–Crippen MR) is 153 cm³/mol. The van der Waals surface area contributed by atoms with E-state index in [1.807, 2.05) is 5.32 Å². The van der Waals surface area contributed by atoms with E-state index in [2.05, 4.69) is 43.2 Å². The molecule has 216 valence electrons.